The Bertz CT molecular complexity index is 1570. The largest absolute Gasteiger partial charge is 0.446 e. The third kappa shape index (κ3) is 10.4. The van der Waals surface area contributed by atoms with E-state index in [0.717, 1.165) is 37.8 Å². The average Bonchev–Trinajstić information content (AvgIpc) is 3.02. The molecule has 2 heterocycles. The maximum atomic E-state index is 13.1. The standard InChI is InChI=1S/C35H52N8O7/c1-23(2)43(26-12-14-27(15-13-26)49-30(36)45)22-24-8-10-25(11-9-24)42-17-16-28(38-32(42)47)37-31(46)41-20-18-40(19-21-41)29(44)35(6,7)39-33(48)50-34(3,4)5/h8-11,16-17,23,26-27H,12-15,18-22H2,1-7H3,(H2,36,45)(H,39,48)(H,37,38,46,47)/t26-,27-. The zero-order chi connectivity index (χ0) is 36.8. The number of urea groups is 1. The highest BCUT2D eigenvalue weighted by atomic mass is 16.6. The molecule has 0 spiro atoms. The molecular formula is C35H52N8O7. The van der Waals surface area contributed by atoms with Gasteiger partial charge in [0.05, 0.1) is 5.69 Å². The number of primary amides is 1. The van der Waals surface area contributed by atoms with Gasteiger partial charge in [0.15, 0.2) is 0 Å². The number of rotatable bonds is 9. The summed E-state index contributed by atoms with van der Waals surface area (Å²) < 4.78 is 11.9. The molecule has 1 aliphatic heterocycles. The molecule has 274 valence electrons. The molecule has 4 rings (SSSR count). The predicted octanol–water partition coefficient (Wildman–Crippen LogP) is 3.83. The van der Waals surface area contributed by atoms with Crippen molar-refractivity contribution < 1.29 is 28.7 Å². The first-order valence-corrected chi connectivity index (χ1v) is 17.2. The van der Waals surface area contributed by atoms with Gasteiger partial charge in [0.1, 0.15) is 23.1 Å². The lowest BCUT2D eigenvalue weighted by Crippen LogP contribution is -2.60. The second kappa shape index (κ2) is 15.9. The highest BCUT2D eigenvalue weighted by molar-refractivity contribution is 5.90. The molecule has 1 saturated carbocycles. The van der Waals surface area contributed by atoms with E-state index in [4.69, 9.17) is 15.2 Å². The van der Waals surface area contributed by atoms with Gasteiger partial charge >= 0.3 is 23.9 Å². The van der Waals surface area contributed by atoms with Crippen molar-refractivity contribution >= 4 is 29.9 Å². The molecule has 2 aromatic rings. The number of nitrogens with two attached hydrogens (primary N) is 1. The number of amides is 5. The second-order valence-electron chi connectivity index (χ2n) is 14.7. The zero-order valence-corrected chi connectivity index (χ0v) is 30.2. The number of hydrogen-bond acceptors (Lipinski definition) is 9. The van der Waals surface area contributed by atoms with Gasteiger partial charge in [-0.1, -0.05) is 12.1 Å². The number of hydrogen-bond donors (Lipinski definition) is 3. The van der Waals surface area contributed by atoms with Gasteiger partial charge in [-0.2, -0.15) is 4.98 Å². The zero-order valence-electron chi connectivity index (χ0n) is 30.2. The van der Waals surface area contributed by atoms with Crippen molar-refractivity contribution in [2.24, 2.45) is 5.73 Å². The molecule has 1 aliphatic carbocycles. The fourth-order valence-electron chi connectivity index (χ4n) is 6.34. The molecular weight excluding hydrogens is 644 g/mol. The number of carbonyl (C=O) groups is 4. The minimum absolute atomic E-state index is 0.119. The molecule has 0 unspecified atom stereocenters. The maximum Gasteiger partial charge on any atom is 0.408 e. The predicted molar refractivity (Wildman–Crippen MR) is 188 cm³/mol. The minimum atomic E-state index is -1.19. The van der Waals surface area contributed by atoms with E-state index in [1.165, 1.54) is 4.57 Å². The second-order valence-corrected chi connectivity index (χ2v) is 14.7. The van der Waals surface area contributed by atoms with Crippen molar-refractivity contribution in [3.05, 3.63) is 52.6 Å². The fraction of sp³-hybridized carbons (Fsp3) is 0.600. The summed E-state index contributed by atoms with van der Waals surface area (Å²) in [4.78, 5) is 72.1. The van der Waals surface area contributed by atoms with Crippen LogP contribution in [0.15, 0.2) is 41.3 Å². The first-order chi connectivity index (χ1) is 23.4. The van der Waals surface area contributed by atoms with E-state index in [1.54, 1.807) is 56.7 Å². The van der Waals surface area contributed by atoms with Gasteiger partial charge in [-0.3, -0.25) is 19.6 Å². The maximum absolute atomic E-state index is 13.1. The van der Waals surface area contributed by atoms with Gasteiger partial charge in [-0.15, -0.1) is 0 Å². The Morgan fingerprint density at radius 3 is 2.08 bits per heavy atom. The van der Waals surface area contributed by atoms with Crippen LogP contribution in [0.2, 0.25) is 0 Å². The van der Waals surface area contributed by atoms with Crippen LogP contribution in [0.5, 0.6) is 0 Å². The van der Waals surface area contributed by atoms with Crippen LogP contribution in [-0.2, 0) is 20.8 Å². The molecule has 0 radical (unpaired) electrons. The lowest BCUT2D eigenvalue weighted by molar-refractivity contribution is -0.138. The summed E-state index contributed by atoms with van der Waals surface area (Å²) in [6.45, 7) is 14.6. The van der Waals surface area contributed by atoms with Crippen LogP contribution >= 0.6 is 0 Å². The average molecular weight is 697 g/mol. The van der Waals surface area contributed by atoms with Gasteiger partial charge in [0.2, 0.25) is 5.91 Å². The van der Waals surface area contributed by atoms with Crippen LogP contribution < -0.4 is 22.1 Å². The van der Waals surface area contributed by atoms with Crippen molar-refractivity contribution in [3.63, 3.8) is 0 Å². The molecule has 1 aromatic heterocycles. The van der Waals surface area contributed by atoms with Gasteiger partial charge < -0.3 is 30.3 Å². The van der Waals surface area contributed by atoms with Gasteiger partial charge in [-0.05, 0) is 97.9 Å². The molecule has 2 aliphatic rings. The normalized spacial score (nSPS) is 18.5. The van der Waals surface area contributed by atoms with Crippen molar-refractivity contribution in [3.8, 4) is 5.69 Å². The highest BCUT2D eigenvalue weighted by Gasteiger charge is 2.37. The van der Waals surface area contributed by atoms with E-state index >= 15 is 0 Å². The highest BCUT2D eigenvalue weighted by Crippen LogP contribution is 2.28. The smallest absolute Gasteiger partial charge is 0.408 e. The van der Waals surface area contributed by atoms with E-state index in [9.17, 15) is 24.0 Å². The van der Waals surface area contributed by atoms with Gasteiger partial charge in [0, 0.05) is 51.0 Å². The van der Waals surface area contributed by atoms with Crippen LogP contribution in [0.3, 0.4) is 0 Å². The molecule has 15 nitrogen and oxygen atoms in total. The summed E-state index contributed by atoms with van der Waals surface area (Å²) in [5.74, 6) is -0.160. The van der Waals surface area contributed by atoms with Crippen LogP contribution in [-0.4, -0.2) is 104 Å². The van der Waals surface area contributed by atoms with Crippen molar-refractivity contribution in [1.82, 2.24) is 29.6 Å². The van der Waals surface area contributed by atoms with E-state index in [2.05, 4.69) is 34.4 Å². The SMILES string of the molecule is CC(C)N(Cc1ccc(-n2ccc(NC(=O)N3CCN(C(=O)C(C)(C)NC(=O)OC(C)(C)C)CC3)nc2=O)cc1)[C@H]1CC[C@H](OC(N)=O)CC1. The topological polar surface area (TPSA) is 181 Å². The Labute approximate surface area is 293 Å². The summed E-state index contributed by atoms with van der Waals surface area (Å²) in [7, 11) is 0. The number of benzene rings is 1. The number of nitrogens with one attached hydrogen (secondary N) is 2. The van der Waals surface area contributed by atoms with Gasteiger partial charge in [0.25, 0.3) is 0 Å². The summed E-state index contributed by atoms with van der Waals surface area (Å²) in [6.07, 6.45) is 3.46. The Kier molecular flexibility index (Phi) is 12.1. The first-order valence-electron chi connectivity index (χ1n) is 17.2. The Morgan fingerprint density at radius 2 is 1.54 bits per heavy atom. The van der Waals surface area contributed by atoms with Crippen LogP contribution in [0.25, 0.3) is 5.69 Å². The number of nitrogens with zero attached hydrogens (tertiary/aromatic N) is 5. The van der Waals surface area contributed by atoms with Crippen LogP contribution in [0.1, 0.15) is 79.7 Å². The number of ether oxygens (including phenoxy) is 2. The van der Waals surface area contributed by atoms with E-state index in [0.29, 0.717) is 17.8 Å². The number of aromatic nitrogens is 2. The van der Waals surface area contributed by atoms with E-state index < -0.39 is 35.0 Å². The summed E-state index contributed by atoms with van der Waals surface area (Å²) in [5.41, 5.74) is 4.52. The third-order valence-electron chi connectivity index (χ3n) is 8.88. The Hall–Kier alpha value is -4.66. The van der Waals surface area contributed by atoms with Crippen LogP contribution in [0, 0.1) is 0 Å². The molecule has 4 N–H and O–H groups in total. The Balaban J connectivity index is 1.29. The molecule has 50 heavy (non-hydrogen) atoms. The molecule has 1 saturated heterocycles. The molecule has 0 bridgehead atoms. The Morgan fingerprint density at radius 1 is 0.940 bits per heavy atom. The van der Waals surface area contributed by atoms with Crippen molar-refractivity contribution in [1.29, 1.82) is 0 Å². The van der Waals surface area contributed by atoms with E-state index in [1.807, 2.05) is 24.3 Å². The van der Waals surface area contributed by atoms with Crippen molar-refractivity contribution in [2.75, 3.05) is 31.5 Å². The van der Waals surface area contributed by atoms with Crippen LogP contribution in [0.4, 0.5) is 20.2 Å². The quantitative estimate of drug-likeness (QED) is 0.351. The number of alkyl carbamates (subject to hydrolysis) is 1. The molecule has 0 atom stereocenters. The fourth-order valence-corrected chi connectivity index (χ4v) is 6.34. The van der Waals surface area contributed by atoms with Gasteiger partial charge in [-0.25, -0.2) is 19.2 Å². The van der Waals surface area contributed by atoms with E-state index in [-0.39, 0.29) is 44.0 Å². The molecule has 15 heteroatoms. The first kappa shape index (κ1) is 38.1. The summed E-state index contributed by atoms with van der Waals surface area (Å²) in [6, 6.07) is 9.55. The lowest BCUT2D eigenvalue weighted by atomic mass is 9.90. The summed E-state index contributed by atoms with van der Waals surface area (Å²) >= 11 is 0. The number of carbonyl (C=O) groups excluding carboxylic acids is 4. The number of anilines is 1. The molecule has 2 fully saturated rings. The molecule has 5 amide bonds. The lowest BCUT2D eigenvalue weighted by Gasteiger charge is -2.39. The monoisotopic (exact) mass is 696 g/mol. The summed E-state index contributed by atoms with van der Waals surface area (Å²) in [5, 5.41) is 5.32. The minimum Gasteiger partial charge on any atom is -0.446 e. The number of piperazine rings is 1. The van der Waals surface area contributed by atoms with Crippen molar-refractivity contribution in [2.45, 2.75) is 110 Å². The third-order valence-corrected chi connectivity index (χ3v) is 8.88. The molecule has 1 aromatic carbocycles.